The fourth-order valence-corrected chi connectivity index (χ4v) is 6.61. The summed E-state index contributed by atoms with van der Waals surface area (Å²) in [4.78, 5) is 4.96. The van der Waals surface area contributed by atoms with Gasteiger partial charge in [0.05, 0.1) is 11.6 Å². The van der Waals surface area contributed by atoms with Gasteiger partial charge in [0, 0.05) is 11.1 Å². The van der Waals surface area contributed by atoms with E-state index in [4.69, 9.17) is 9.73 Å². The van der Waals surface area contributed by atoms with Gasteiger partial charge in [0.25, 0.3) is 0 Å². The van der Waals surface area contributed by atoms with E-state index in [0.717, 1.165) is 28.9 Å². The molecule has 0 fully saturated rings. The van der Waals surface area contributed by atoms with Crippen LogP contribution in [0, 0.1) is 0 Å². The molecule has 0 saturated carbocycles. The number of unbranched alkanes of at least 4 members (excludes halogenated alkanes) is 13. The van der Waals surface area contributed by atoms with Crippen molar-refractivity contribution in [3.63, 3.8) is 0 Å². The summed E-state index contributed by atoms with van der Waals surface area (Å²) < 4.78 is 6.75. The van der Waals surface area contributed by atoms with Gasteiger partial charge >= 0.3 is 0 Å². The molecule has 3 aromatic carbocycles. The average molecular weight is 539 g/mol. The number of anilines is 1. The van der Waals surface area contributed by atoms with Crippen LogP contribution in [0.3, 0.4) is 0 Å². The van der Waals surface area contributed by atoms with Gasteiger partial charge < -0.3 is 10.1 Å². The van der Waals surface area contributed by atoms with Crippen LogP contribution in [0.5, 0.6) is 5.75 Å². The highest BCUT2D eigenvalue weighted by atomic mass is 16.5. The molecule has 0 amide bonds. The Morgan fingerprint density at radius 3 is 2.08 bits per heavy atom. The minimum Gasteiger partial charge on any atom is -0.460 e. The summed E-state index contributed by atoms with van der Waals surface area (Å²) in [5.74, 6) is 0.845. The van der Waals surface area contributed by atoms with Crippen LogP contribution in [-0.2, 0) is 11.8 Å². The number of hydrogen-bond donors (Lipinski definition) is 1. The van der Waals surface area contributed by atoms with Crippen LogP contribution in [-0.4, -0.2) is 11.9 Å². The van der Waals surface area contributed by atoms with E-state index in [1.807, 2.05) is 6.21 Å². The first kappa shape index (κ1) is 28.7. The van der Waals surface area contributed by atoms with Crippen LogP contribution in [0.25, 0.3) is 10.8 Å². The van der Waals surface area contributed by atoms with Crippen LogP contribution in [0.2, 0.25) is 0 Å². The van der Waals surface area contributed by atoms with Gasteiger partial charge in [-0.25, -0.2) is 0 Å². The number of aryl methyl sites for hydroxylation is 1. The third kappa shape index (κ3) is 6.24. The molecule has 0 aliphatic carbocycles. The van der Waals surface area contributed by atoms with Crippen LogP contribution >= 0.6 is 0 Å². The SMILES string of the molecule is CCCCCCCCCCCCCCCCc1ccc2c(c1)C(C)(C)C1(C=Nc3c(ccc4ccccc34)O1)N2. The Hall–Kier alpha value is -2.81. The van der Waals surface area contributed by atoms with Crippen molar-refractivity contribution < 1.29 is 4.74 Å². The maximum Gasteiger partial charge on any atom is 0.226 e. The molecule has 0 bridgehead atoms. The van der Waals surface area contributed by atoms with Gasteiger partial charge in [-0.1, -0.05) is 133 Å². The van der Waals surface area contributed by atoms with Crippen molar-refractivity contribution in [1.29, 1.82) is 0 Å². The summed E-state index contributed by atoms with van der Waals surface area (Å²) in [6.45, 7) is 6.85. The van der Waals surface area contributed by atoms with Gasteiger partial charge in [-0.3, -0.25) is 4.99 Å². The van der Waals surface area contributed by atoms with Crippen molar-refractivity contribution in [2.75, 3.05) is 5.32 Å². The summed E-state index contributed by atoms with van der Waals surface area (Å²) in [7, 11) is 0. The second-order valence-electron chi connectivity index (χ2n) is 12.7. The maximum absolute atomic E-state index is 6.75. The Labute approximate surface area is 242 Å². The largest absolute Gasteiger partial charge is 0.460 e. The van der Waals surface area contributed by atoms with Crippen molar-refractivity contribution in [3.8, 4) is 5.75 Å². The van der Waals surface area contributed by atoms with E-state index in [0.29, 0.717) is 0 Å². The monoisotopic (exact) mass is 538 g/mol. The zero-order chi connectivity index (χ0) is 27.8. The van der Waals surface area contributed by atoms with Gasteiger partial charge in [0.15, 0.2) is 0 Å². The highest BCUT2D eigenvalue weighted by molar-refractivity contribution is 5.99. The summed E-state index contributed by atoms with van der Waals surface area (Å²) >= 11 is 0. The van der Waals surface area contributed by atoms with E-state index in [2.05, 4.69) is 80.7 Å². The van der Waals surface area contributed by atoms with Crippen LogP contribution in [0.1, 0.15) is 122 Å². The first-order valence-electron chi connectivity index (χ1n) is 16.2. The van der Waals surface area contributed by atoms with Gasteiger partial charge in [-0.15, -0.1) is 0 Å². The topological polar surface area (TPSA) is 33.6 Å². The van der Waals surface area contributed by atoms with Crippen molar-refractivity contribution >= 4 is 28.4 Å². The standard InChI is InChI=1S/C37H50N2O/c1-4-5-6-7-8-9-10-11-12-13-14-15-16-17-20-29-23-25-33-32(27-29)36(2,3)37(39-33)28-38-35-31-22-19-18-21-30(31)24-26-34(35)40-37/h18-19,21-28,39H,4-17,20H2,1-3H3. The van der Waals surface area contributed by atoms with Gasteiger partial charge in [-0.2, -0.15) is 0 Å². The molecule has 3 nitrogen and oxygen atoms in total. The van der Waals surface area contributed by atoms with E-state index in [1.165, 1.54) is 106 Å². The Bertz CT molecular complexity index is 1290. The lowest BCUT2D eigenvalue weighted by molar-refractivity contribution is 0.107. The normalized spacial score (nSPS) is 18.5. The molecule has 0 radical (unpaired) electrons. The second-order valence-corrected chi connectivity index (χ2v) is 12.7. The lowest BCUT2D eigenvalue weighted by Gasteiger charge is -2.40. The molecule has 40 heavy (non-hydrogen) atoms. The molecule has 5 rings (SSSR count). The Balaban J connectivity index is 1.07. The molecule has 0 saturated heterocycles. The molecule has 2 aliphatic heterocycles. The molecule has 2 aliphatic rings. The van der Waals surface area contributed by atoms with E-state index >= 15 is 0 Å². The lowest BCUT2D eigenvalue weighted by atomic mass is 9.77. The van der Waals surface area contributed by atoms with Gasteiger partial charge in [0.2, 0.25) is 5.72 Å². The number of nitrogens with zero attached hydrogens (tertiary/aromatic N) is 1. The summed E-state index contributed by atoms with van der Waals surface area (Å²) in [6.07, 6.45) is 22.8. The predicted molar refractivity (Wildman–Crippen MR) is 173 cm³/mol. The fourth-order valence-electron chi connectivity index (χ4n) is 6.61. The zero-order valence-corrected chi connectivity index (χ0v) is 25.2. The van der Waals surface area contributed by atoms with Crippen molar-refractivity contribution in [2.24, 2.45) is 4.99 Å². The zero-order valence-electron chi connectivity index (χ0n) is 25.2. The van der Waals surface area contributed by atoms with Crippen molar-refractivity contribution in [2.45, 2.75) is 128 Å². The van der Waals surface area contributed by atoms with Gasteiger partial charge in [-0.05, 0) is 55.3 Å². The smallest absolute Gasteiger partial charge is 0.226 e. The summed E-state index contributed by atoms with van der Waals surface area (Å²) in [6, 6.07) is 19.5. The van der Waals surface area contributed by atoms with Crippen LogP contribution in [0.15, 0.2) is 59.6 Å². The predicted octanol–water partition coefficient (Wildman–Crippen LogP) is 11.1. The van der Waals surface area contributed by atoms with E-state index in [1.54, 1.807) is 0 Å². The molecule has 1 N–H and O–H groups in total. The highest BCUT2D eigenvalue weighted by Crippen LogP contribution is 2.51. The highest BCUT2D eigenvalue weighted by Gasteiger charge is 2.55. The van der Waals surface area contributed by atoms with E-state index < -0.39 is 5.72 Å². The first-order chi connectivity index (χ1) is 19.5. The molecule has 1 unspecified atom stereocenters. The first-order valence-corrected chi connectivity index (χ1v) is 16.2. The van der Waals surface area contributed by atoms with Crippen molar-refractivity contribution in [3.05, 3.63) is 65.7 Å². The average Bonchev–Trinajstić information content (AvgIpc) is 3.17. The molecular formula is C37H50N2O. The lowest BCUT2D eigenvalue weighted by Crippen LogP contribution is -2.56. The number of rotatable bonds is 15. The molecule has 1 atom stereocenters. The van der Waals surface area contributed by atoms with Crippen LogP contribution in [0.4, 0.5) is 11.4 Å². The minimum absolute atomic E-state index is 0.249. The molecule has 2 heterocycles. The molecular weight excluding hydrogens is 488 g/mol. The number of aliphatic imine (C=N–C) groups is 1. The van der Waals surface area contributed by atoms with Crippen LogP contribution < -0.4 is 10.1 Å². The molecule has 1 spiro atoms. The van der Waals surface area contributed by atoms with E-state index in [-0.39, 0.29) is 5.41 Å². The second kappa shape index (κ2) is 13.2. The molecule has 3 heteroatoms. The Morgan fingerprint density at radius 1 is 0.725 bits per heavy atom. The Kier molecular flexibility index (Phi) is 9.50. The summed E-state index contributed by atoms with van der Waals surface area (Å²) in [5, 5.41) is 6.03. The van der Waals surface area contributed by atoms with E-state index in [9.17, 15) is 0 Å². The molecule has 3 aromatic rings. The molecule has 214 valence electrons. The van der Waals surface area contributed by atoms with Crippen molar-refractivity contribution in [1.82, 2.24) is 0 Å². The third-order valence-corrected chi connectivity index (χ3v) is 9.34. The number of fused-ring (bicyclic) bond motifs is 4. The Morgan fingerprint density at radius 2 is 1.38 bits per heavy atom. The van der Waals surface area contributed by atoms with Gasteiger partial charge in [0.1, 0.15) is 11.4 Å². The number of ether oxygens (including phenoxy) is 1. The fraction of sp³-hybridized carbons (Fsp3) is 0.541. The maximum atomic E-state index is 6.75. The molecule has 0 aromatic heterocycles. The number of hydrogen-bond acceptors (Lipinski definition) is 3. The minimum atomic E-state index is -0.682. The number of nitrogens with one attached hydrogen (secondary N) is 1. The quantitative estimate of drug-likeness (QED) is 0.195. The number of benzene rings is 3. The third-order valence-electron chi connectivity index (χ3n) is 9.34. The summed E-state index contributed by atoms with van der Waals surface area (Å²) in [5.41, 5.74) is 3.91.